The summed E-state index contributed by atoms with van der Waals surface area (Å²) in [6.07, 6.45) is 0.200. The molecular formula is C15H19N3O2S. The molecule has 1 heterocycles. The second kappa shape index (κ2) is 7.31. The molecule has 0 unspecified atom stereocenters. The maximum atomic E-state index is 12.0. The van der Waals surface area contributed by atoms with E-state index < -0.39 is 0 Å². The molecule has 0 fully saturated rings. The summed E-state index contributed by atoms with van der Waals surface area (Å²) in [5.41, 5.74) is 7.68. The molecule has 0 bridgehead atoms. The number of nitrogens with two attached hydrogens (primary N) is 1. The van der Waals surface area contributed by atoms with E-state index in [1.54, 1.807) is 5.38 Å². The van der Waals surface area contributed by atoms with Crippen molar-refractivity contribution in [3.63, 3.8) is 0 Å². The van der Waals surface area contributed by atoms with Gasteiger partial charge in [-0.25, -0.2) is 4.98 Å². The van der Waals surface area contributed by atoms with Crippen LogP contribution in [0.1, 0.15) is 34.9 Å². The zero-order valence-corrected chi connectivity index (χ0v) is 12.9. The van der Waals surface area contributed by atoms with Gasteiger partial charge in [-0.3, -0.25) is 4.79 Å². The second-order valence-electron chi connectivity index (χ2n) is 4.84. The van der Waals surface area contributed by atoms with Gasteiger partial charge in [0, 0.05) is 17.6 Å². The summed E-state index contributed by atoms with van der Waals surface area (Å²) in [5.74, 6) is -0.225. The Kier molecular flexibility index (Phi) is 5.44. The fourth-order valence-corrected chi connectivity index (χ4v) is 2.31. The van der Waals surface area contributed by atoms with E-state index in [4.69, 9.17) is 10.5 Å². The van der Waals surface area contributed by atoms with Crippen molar-refractivity contribution >= 4 is 22.9 Å². The normalized spacial score (nSPS) is 10.9. The summed E-state index contributed by atoms with van der Waals surface area (Å²) >= 11 is 1.39. The molecule has 112 valence electrons. The van der Waals surface area contributed by atoms with Crippen molar-refractivity contribution in [2.75, 3.05) is 5.32 Å². The quantitative estimate of drug-likeness (QED) is 0.860. The first-order valence-electron chi connectivity index (χ1n) is 6.75. The molecule has 1 aromatic carbocycles. The van der Waals surface area contributed by atoms with E-state index in [2.05, 4.69) is 10.3 Å². The number of rotatable bonds is 6. The molecule has 1 aromatic heterocycles. The van der Waals surface area contributed by atoms with E-state index in [9.17, 15) is 4.79 Å². The Morgan fingerprint density at radius 1 is 1.38 bits per heavy atom. The number of hydrogen-bond donors (Lipinski definition) is 2. The first kappa shape index (κ1) is 15.6. The number of nitrogens with one attached hydrogen (secondary N) is 1. The Morgan fingerprint density at radius 3 is 2.67 bits per heavy atom. The van der Waals surface area contributed by atoms with Gasteiger partial charge >= 0.3 is 0 Å². The lowest BCUT2D eigenvalue weighted by Gasteiger charge is -2.08. The average Bonchev–Trinajstić information content (AvgIpc) is 2.95. The molecule has 3 N–H and O–H groups in total. The van der Waals surface area contributed by atoms with Gasteiger partial charge in [0.05, 0.1) is 12.7 Å². The number of amides is 1. The Labute approximate surface area is 128 Å². The Balaban J connectivity index is 1.94. The third kappa shape index (κ3) is 4.63. The summed E-state index contributed by atoms with van der Waals surface area (Å²) in [7, 11) is 0. The van der Waals surface area contributed by atoms with Crippen LogP contribution in [0, 0.1) is 0 Å². The SMILES string of the molecule is CC(C)OCc1ccc(NC(=O)c2csc(CN)n2)cc1. The van der Waals surface area contributed by atoms with Crippen molar-refractivity contribution in [3.05, 3.63) is 45.9 Å². The topological polar surface area (TPSA) is 77.2 Å². The van der Waals surface area contributed by atoms with Crippen LogP contribution in [0.3, 0.4) is 0 Å². The first-order valence-corrected chi connectivity index (χ1v) is 7.63. The van der Waals surface area contributed by atoms with E-state index in [1.807, 2.05) is 38.1 Å². The van der Waals surface area contributed by atoms with Crippen LogP contribution < -0.4 is 11.1 Å². The van der Waals surface area contributed by atoms with Gasteiger partial charge in [-0.15, -0.1) is 11.3 Å². The fraction of sp³-hybridized carbons (Fsp3) is 0.333. The minimum absolute atomic E-state index is 0.200. The number of anilines is 1. The van der Waals surface area contributed by atoms with Gasteiger partial charge in [0.25, 0.3) is 5.91 Å². The molecule has 0 atom stereocenters. The lowest BCUT2D eigenvalue weighted by Crippen LogP contribution is -2.12. The zero-order chi connectivity index (χ0) is 15.2. The molecule has 0 spiro atoms. The summed E-state index contributed by atoms with van der Waals surface area (Å²) in [6.45, 7) is 4.91. The maximum Gasteiger partial charge on any atom is 0.275 e. The highest BCUT2D eigenvalue weighted by Gasteiger charge is 2.10. The minimum atomic E-state index is -0.225. The van der Waals surface area contributed by atoms with Crippen LogP contribution in [0.2, 0.25) is 0 Å². The van der Waals surface area contributed by atoms with Crippen molar-refractivity contribution in [2.24, 2.45) is 5.73 Å². The predicted molar refractivity (Wildman–Crippen MR) is 84.3 cm³/mol. The van der Waals surface area contributed by atoms with Crippen LogP contribution in [0.5, 0.6) is 0 Å². The van der Waals surface area contributed by atoms with Gasteiger partial charge in [-0.2, -0.15) is 0 Å². The van der Waals surface area contributed by atoms with E-state index in [1.165, 1.54) is 11.3 Å². The molecule has 2 aromatic rings. The zero-order valence-electron chi connectivity index (χ0n) is 12.1. The van der Waals surface area contributed by atoms with Gasteiger partial charge in [0.2, 0.25) is 0 Å². The number of ether oxygens (including phenoxy) is 1. The molecule has 0 saturated heterocycles. The summed E-state index contributed by atoms with van der Waals surface area (Å²) in [6, 6.07) is 7.58. The molecule has 0 aliphatic rings. The van der Waals surface area contributed by atoms with Gasteiger partial charge < -0.3 is 15.8 Å². The monoisotopic (exact) mass is 305 g/mol. The molecule has 2 rings (SSSR count). The number of carbonyl (C=O) groups is 1. The second-order valence-corrected chi connectivity index (χ2v) is 5.78. The standard InChI is InChI=1S/C15H19N3O2S/c1-10(2)20-8-11-3-5-12(6-4-11)17-15(19)13-9-21-14(7-16)18-13/h3-6,9-10H,7-8,16H2,1-2H3,(H,17,19). The predicted octanol–water partition coefficient (Wildman–Crippen LogP) is 2.78. The van der Waals surface area contributed by atoms with Crippen LogP contribution in [0.25, 0.3) is 0 Å². The smallest absolute Gasteiger partial charge is 0.275 e. The van der Waals surface area contributed by atoms with Gasteiger partial charge in [-0.1, -0.05) is 12.1 Å². The van der Waals surface area contributed by atoms with Gasteiger partial charge in [-0.05, 0) is 31.5 Å². The first-order chi connectivity index (χ1) is 10.1. The van der Waals surface area contributed by atoms with Crippen LogP contribution in [-0.4, -0.2) is 17.0 Å². The van der Waals surface area contributed by atoms with Crippen LogP contribution in [0.4, 0.5) is 5.69 Å². The molecule has 0 aliphatic heterocycles. The molecular weight excluding hydrogens is 286 g/mol. The number of benzene rings is 1. The average molecular weight is 305 g/mol. The third-order valence-corrected chi connectivity index (χ3v) is 3.63. The number of carbonyl (C=O) groups excluding carboxylic acids is 1. The van der Waals surface area contributed by atoms with Gasteiger partial charge in [0.1, 0.15) is 10.7 Å². The number of thiazole rings is 1. The highest BCUT2D eigenvalue weighted by atomic mass is 32.1. The maximum absolute atomic E-state index is 12.0. The third-order valence-electron chi connectivity index (χ3n) is 2.75. The molecule has 0 radical (unpaired) electrons. The van der Waals surface area contributed by atoms with Crippen molar-refractivity contribution in [2.45, 2.75) is 33.1 Å². The van der Waals surface area contributed by atoms with Crippen molar-refractivity contribution < 1.29 is 9.53 Å². The number of nitrogens with zero attached hydrogens (tertiary/aromatic N) is 1. The van der Waals surface area contributed by atoms with Crippen LogP contribution in [0.15, 0.2) is 29.6 Å². The molecule has 21 heavy (non-hydrogen) atoms. The Bertz CT molecular complexity index is 593. The minimum Gasteiger partial charge on any atom is -0.374 e. The van der Waals surface area contributed by atoms with Crippen molar-refractivity contribution in [3.8, 4) is 0 Å². The molecule has 0 aliphatic carbocycles. The summed E-state index contributed by atoms with van der Waals surface area (Å²) in [4.78, 5) is 16.2. The highest BCUT2D eigenvalue weighted by Crippen LogP contribution is 2.14. The van der Waals surface area contributed by atoms with Crippen molar-refractivity contribution in [1.29, 1.82) is 0 Å². The van der Waals surface area contributed by atoms with E-state index in [-0.39, 0.29) is 12.0 Å². The summed E-state index contributed by atoms with van der Waals surface area (Å²) in [5, 5.41) is 5.27. The van der Waals surface area contributed by atoms with Gasteiger partial charge in [0.15, 0.2) is 0 Å². The van der Waals surface area contributed by atoms with E-state index in [0.29, 0.717) is 18.8 Å². The van der Waals surface area contributed by atoms with Crippen LogP contribution in [-0.2, 0) is 17.9 Å². The molecule has 1 amide bonds. The Hall–Kier alpha value is -1.76. The van der Waals surface area contributed by atoms with E-state index >= 15 is 0 Å². The summed E-state index contributed by atoms with van der Waals surface area (Å²) < 4.78 is 5.53. The molecule has 0 saturated carbocycles. The van der Waals surface area contributed by atoms with Crippen molar-refractivity contribution in [1.82, 2.24) is 4.98 Å². The largest absolute Gasteiger partial charge is 0.374 e. The fourth-order valence-electron chi connectivity index (χ4n) is 1.65. The van der Waals surface area contributed by atoms with Crippen LogP contribution >= 0.6 is 11.3 Å². The highest BCUT2D eigenvalue weighted by molar-refractivity contribution is 7.09. The molecule has 5 nitrogen and oxygen atoms in total. The number of aromatic nitrogens is 1. The van der Waals surface area contributed by atoms with E-state index in [0.717, 1.165) is 16.3 Å². The lowest BCUT2D eigenvalue weighted by atomic mass is 10.2. The number of hydrogen-bond acceptors (Lipinski definition) is 5. The Morgan fingerprint density at radius 2 is 2.10 bits per heavy atom. The molecule has 6 heteroatoms. The lowest BCUT2D eigenvalue weighted by molar-refractivity contribution is 0.0657.